The van der Waals surface area contributed by atoms with Gasteiger partial charge in [-0.3, -0.25) is 9.80 Å². The molecular weight excluding hydrogens is 304 g/mol. The van der Waals surface area contributed by atoms with Crippen molar-refractivity contribution in [2.24, 2.45) is 0 Å². The second kappa shape index (κ2) is 7.88. The van der Waals surface area contributed by atoms with Gasteiger partial charge in [-0.15, -0.1) is 0 Å². The quantitative estimate of drug-likeness (QED) is 0.873. The molecule has 3 rings (SSSR count). The van der Waals surface area contributed by atoms with Crippen molar-refractivity contribution in [3.05, 3.63) is 35.7 Å². The number of aromatic nitrogens is 2. The molecule has 0 amide bonds. The van der Waals surface area contributed by atoms with Crippen LogP contribution in [0.5, 0.6) is 0 Å². The normalized spacial score (nSPS) is 16.8. The summed E-state index contributed by atoms with van der Waals surface area (Å²) in [5.74, 6) is 1.83. The fraction of sp³-hybridized carbons (Fsp3) is 0.556. The number of rotatable bonds is 6. The zero-order chi connectivity index (χ0) is 16.9. The molecule has 2 heterocycles. The van der Waals surface area contributed by atoms with Crippen LogP contribution in [0.3, 0.4) is 0 Å². The van der Waals surface area contributed by atoms with Gasteiger partial charge in [-0.1, -0.05) is 43.3 Å². The van der Waals surface area contributed by atoms with Gasteiger partial charge in [-0.2, -0.15) is 4.98 Å². The van der Waals surface area contributed by atoms with Crippen molar-refractivity contribution in [2.45, 2.75) is 26.3 Å². The first-order valence-corrected chi connectivity index (χ1v) is 8.64. The minimum absolute atomic E-state index is 0.225. The van der Waals surface area contributed by atoms with E-state index in [-0.39, 0.29) is 6.61 Å². The van der Waals surface area contributed by atoms with Crippen molar-refractivity contribution in [2.75, 3.05) is 39.3 Å². The van der Waals surface area contributed by atoms with Crippen molar-refractivity contribution in [1.29, 1.82) is 0 Å². The first-order chi connectivity index (χ1) is 11.7. The van der Waals surface area contributed by atoms with Gasteiger partial charge in [0, 0.05) is 38.3 Å². The number of aliphatic hydroxyl groups is 1. The van der Waals surface area contributed by atoms with Gasteiger partial charge in [-0.05, 0) is 11.5 Å². The number of nitrogens with zero attached hydrogens (tertiary/aromatic N) is 4. The minimum Gasteiger partial charge on any atom is -0.395 e. The summed E-state index contributed by atoms with van der Waals surface area (Å²) in [6.07, 6.45) is 0. The Kier molecular flexibility index (Phi) is 5.60. The predicted molar refractivity (Wildman–Crippen MR) is 92.6 cm³/mol. The van der Waals surface area contributed by atoms with Crippen LogP contribution in [0, 0.1) is 0 Å². The topological polar surface area (TPSA) is 65.6 Å². The van der Waals surface area contributed by atoms with Gasteiger partial charge in [0.2, 0.25) is 11.7 Å². The molecule has 0 radical (unpaired) electrons. The maximum atomic E-state index is 8.99. The largest absolute Gasteiger partial charge is 0.395 e. The highest BCUT2D eigenvalue weighted by molar-refractivity contribution is 5.54. The SMILES string of the molecule is CC(C)c1ccc(-c2noc(CN3CCN(CCO)CC3)n2)cc1. The molecule has 1 N–H and O–H groups in total. The Morgan fingerprint density at radius 2 is 1.75 bits per heavy atom. The van der Waals surface area contributed by atoms with Crippen LogP contribution in [0.2, 0.25) is 0 Å². The number of β-amino-alcohol motifs (C(OH)–C–C–N with tert-alkyl or cyclic N) is 1. The lowest BCUT2D eigenvalue weighted by Crippen LogP contribution is -2.46. The van der Waals surface area contributed by atoms with E-state index in [4.69, 9.17) is 9.63 Å². The second-order valence-electron chi connectivity index (χ2n) is 6.63. The highest BCUT2D eigenvalue weighted by atomic mass is 16.5. The number of benzene rings is 1. The van der Waals surface area contributed by atoms with Crippen molar-refractivity contribution >= 4 is 0 Å². The van der Waals surface area contributed by atoms with Crippen LogP contribution in [0.1, 0.15) is 31.2 Å². The molecule has 1 aromatic heterocycles. The first kappa shape index (κ1) is 17.1. The third kappa shape index (κ3) is 4.20. The van der Waals surface area contributed by atoms with Crippen molar-refractivity contribution in [3.63, 3.8) is 0 Å². The molecule has 1 fully saturated rings. The molecule has 2 aromatic rings. The highest BCUT2D eigenvalue weighted by Crippen LogP contribution is 2.21. The van der Waals surface area contributed by atoms with Crippen molar-refractivity contribution in [3.8, 4) is 11.4 Å². The fourth-order valence-corrected chi connectivity index (χ4v) is 2.96. The Morgan fingerprint density at radius 3 is 2.38 bits per heavy atom. The molecule has 0 unspecified atom stereocenters. The van der Waals surface area contributed by atoms with Crippen LogP contribution in [0.4, 0.5) is 0 Å². The molecule has 0 saturated carbocycles. The van der Waals surface area contributed by atoms with E-state index in [1.54, 1.807) is 0 Å². The summed E-state index contributed by atoms with van der Waals surface area (Å²) < 4.78 is 5.42. The molecule has 1 aliphatic heterocycles. The van der Waals surface area contributed by atoms with Crippen LogP contribution >= 0.6 is 0 Å². The standard InChI is InChI=1S/C18H26N4O2/c1-14(2)15-3-5-16(6-4-15)18-19-17(24-20-18)13-22-9-7-21(8-10-22)11-12-23/h3-6,14,23H,7-13H2,1-2H3. The minimum atomic E-state index is 0.225. The summed E-state index contributed by atoms with van der Waals surface area (Å²) in [5.41, 5.74) is 2.30. The third-order valence-electron chi connectivity index (χ3n) is 4.54. The van der Waals surface area contributed by atoms with Gasteiger partial charge < -0.3 is 9.63 Å². The summed E-state index contributed by atoms with van der Waals surface area (Å²) in [6, 6.07) is 8.35. The van der Waals surface area contributed by atoms with E-state index in [9.17, 15) is 0 Å². The lowest BCUT2D eigenvalue weighted by atomic mass is 10.0. The number of piperazine rings is 1. The van der Waals surface area contributed by atoms with Gasteiger partial charge in [-0.25, -0.2) is 0 Å². The lowest BCUT2D eigenvalue weighted by Gasteiger charge is -2.33. The number of hydrogen-bond donors (Lipinski definition) is 1. The summed E-state index contributed by atoms with van der Waals surface area (Å²) >= 11 is 0. The molecule has 130 valence electrons. The van der Waals surface area contributed by atoms with E-state index in [0.29, 0.717) is 24.2 Å². The van der Waals surface area contributed by atoms with Gasteiger partial charge in [0.05, 0.1) is 13.2 Å². The zero-order valence-corrected chi connectivity index (χ0v) is 14.5. The van der Waals surface area contributed by atoms with E-state index < -0.39 is 0 Å². The highest BCUT2D eigenvalue weighted by Gasteiger charge is 2.19. The predicted octanol–water partition coefficient (Wildman–Crippen LogP) is 1.97. The maximum Gasteiger partial charge on any atom is 0.241 e. The summed E-state index contributed by atoms with van der Waals surface area (Å²) in [4.78, 5) is 9.11. The van der Waals surface area contributed by atoms with Gasteiger partial charge in [0.15, 0.2) is 0 Å². The molecule has 0 spiro atoms. The molecule has 0 bridgehead atoms. The van der Waals surface area contributed by atoms with Crippen LogP contribution in [-0.4, -0.2) is 64.4 Å². The van der Waals surface area contributed by atoms with Crippen LogP contribution in [0.25, 0.3) is 11.4 Å². The summed E-state index contributed by atoms with van der Waals surface area (Å²) in [5, 5.41) is 13.1. The summed E-state index contributed by atoms with van der Waals surface area (Å²) in [6.45, 7) is 9.89. The molecule has 0 atom stereocenters. The number of aliphatic hydroxyl groups excluding tert-OH is 1. The van der Waals surface area contributed by atoms with E-state index in [1.807, 2.05) is 0 Å². The molecular formula is C18H26N4O2. The van der Waals surface area contributed by atoms with Crippen LogP contribution in [-0.2, 0) is 6.54 Å². The Labute approximate surface area is 143 Å². The summed E-state index contributed by atoms with van der Waals surface area (Å²) in [7, 11) is 0. The van der Waals surface area contributed by atoms with Gasteiger partial charge in [0.1, 0.15) is 0 Å². The first-order valence-electron chi connectivity index (χ1n) is 8.64. The smallest absolute Gasteiger partial charge is 0.241 e. The second-order valence-corrected chi connectivity index (χ2v) is 6.63. The van der Waals surface area contributed by atoms with Gasteiger partial charge in [0.25, 0.3) is 0 Å². The monoisotopic (exact) mass is 330 g/mol. The fourth-order valence-electron chi connectivity index (χ4n) is 2.96. The molecule has 1 saturated heterocycles. The lowest BCUT2D eigenvalue weighted by molar-refractivity contribution is 0.101. The molecule has 6 nitrogen and oxygen atoms in total. The Hall–Kier alpha value is -1.76. The molecule has 24 heavy (non-hydrogen) atoms. The maximum absolute atomic E-state index is 8.99. The Morgan fingerprint density at radius 1 is 1.08 bits per heavy atom. The van der Waals surface area contributed by atoms with E-state index in [1.165, 1.54) is 5.56 Å². The molecule has 1 aromatic carbocycles. The van der Waals surface area contributed by atoms with E-state index >= 15 is 0 Å². The van der Waals surface area contributed by atoms with Crippen LogP contribution in [0.15, 0.2) is 28.8 Å². The van der Waals surface area contributed by atoms with Crippen molar-refractivity contribution in [1.82, 2.24) is 19.9 Å². The zero-order valence-electron chi connectivity index (χ0n) is 14.5. The third-order valence-corrected chi connectivity index (χ3v) is 4.54. The van der Waals surface area contributed by atoms with Crippen LogP contribution < -0.4 is 0 Å². The van der Waals surface area contributed by atoms with E-state index in [0.717, 1.165) is 38.3 Å². The molecule has 0 aliphatic carbocycles. The Bertz CT molecular complexity index is 631. The molecule has 6 heteroatoms. The van der Waals surface area contributed by atoms with Crippen molar-refractivity contribution < 1.29 is 9.63 Å². The average molecular weight is 330 g/mol. The molecule has 1 aliphatic rings. The average Bonchev–Trinajstić information content (AvgIpc) is 3.05. The van der Waals surface area contributed by atoms with E-state index in [2.05, 4.69) is 58.1 Å². The van der Waals surface area contributed by atoms with Gasteiger partial charge >= 0.3 is 0 Å². The number of hydrogen-bond acceptors (Lipinski definition) is 6. The Balaban J connectivity index is 1.58.